The summed E-state index contributed by atoms with van der Waals surface area (Å²) in [4.78, 5) is 27.8. The highest BCUT2D eigenvalue weighted by atomic mass is 32.1. The molecule has 38 heavy (non-hydrogen) atoms. The molecule has 1 aliphatic rings. The lowest BCUT2D eigenvalue weighted by molar-refractivity contribution is -0.132. The minimum Gasteiger partial charge on any atom is -0.478 e. The molecule has 1 aliphatic carbocycles. The van der Waals surface area contributed by atoms with Gasteiger partial charge >= 0.3 is 5.97 Å². The molecular formula is C28H27F3N2O4S. The maximum atomic E-state index is 15.2. The molecule has 0 atom stereocenters. The highest BCUT2D eigenvalue weighted by Crippen LogP contribution is 2.30. The van der Waals surface area contributed by atoms with E-state index in [9.17, 15) is 18.4 Å². The van der Waals surface area contributed by atoms with Crippen LogP contribution in [0.25, 0.3) is 17.3 Å². The van der Waals surface area contributed by atoms with Gasteiger partial charge in [0.25, 0.3) is 5.91 Å². The summed E-state index contributed by atoms with van der Waals surface area (Å²) in [6.07, 6.45) is 6.83. The van der Waals surface area contributed by atoms with Crippen LogP contribution in [0.2, 0.25) is 0 Å². The first kappa shape index (κ1) is 27.5. The van der Waals surface area contributed by atoms with Gasteiger partial charge in [-0.1, -0.05) is 37.8 Å². The summed E-state index contributed by atoms with van der Waals surface area (Å²) in [5, 5.41) is 13.1. The molecule has 1 fully saturated rings. The number of hydrogen-bond acceptors (Lipinski definition) is 5. The summed E-state index contributed by atoms with van der Waals surface area (Å²) in [6.45, 7) is 1.93. The van der Waals surface area contributed by atoms with E-state index in [0.717, 1.165) is 36.0 Å². The van der Waals surface area contributed by atoms with Crippen molar-refractivity contribution < 1.29 is 32.6 Å². The Labute approximate surface area is 222 Å². The van der Waals surface area contributed by atoms with Crippen LogP contribution in [0, 0.1) is 23.4 Å². The van der Waals surface area contributed by atoms with Crippen LogP contribution in [0.1, 0.15) is 60.5 Å². The predicted octanol–water partition coefficient (Wildman–Crippen LogP) is 7.06. The number of nitrogens with one attached hydrogen (secondary N) is 1. The number of ether oxygens (including phenoxy) is 1. The Hall–Kier alpha value is -3.50. The SMILES string of the molecule is C/C(=C\c1c(F)cc(C(=O)Nc2nc(-c3cccc(COCCC4CCCC4)c3F)cs2)cc1F)C(=O)O. The maximum absolute atomic E-state index is 15.2. The molecule has 10 heteroatoms. The van der Waals surface area contributed by atoms with Gasteiger partial charge in [0.1, 0.15) is 17.5 Å². The Morgan fingerprint density at radius 3 is 2.58 bits per heavy atom. The molecule has 0 unspecified atom stereocenters. The fourth-order valence-corrected chi connectivity index (χ4v) is 5.08. The standard InChI is InChI=1S/C28H27F3N2O4S/c1-16(27(35)36)11-21-22(29)12-19(13-23(21)30)26(34)33-28-32-24(15-38-28)20-8-4-7-18(25(20)31)14-37-10-9-17-5-2-3-6-17/h4,7-8,11-13,15,17H,2-3,5-6,9-10,14H2,1H3,(H,35,36)(H,32,33,34)/b16-11+. The molecule has 2 aromatic carbocycles. The van der Waals surface area contributed by atoms with Gasteiger partial charge in [0.2, 0.25) is 0 Å². The molecule has 1 aromatic heterocycles. The van der Waals surface area contributed by atoms with Gasteiger partial charge in [0.05, 0.1) is 12.3 Å². The van der Waals surface area contributed by atoms with E-state index in [1.165, 1.54) is 32.6 Å². The zero-order valence-electron chi connectivity index (χ0n) is 20.7. The van der Waals surface area contributed by atoms with Crippen molar-refractivity contribution in [2.45, 2.75) is 45.6 Å². The van der Waals surface area contributed by atoms with E-state index in [-0.39, 0.29) is 28.4 Å². The Balaban J connectivity index is 1.42. The van der Waals surface area contributed by atoms with Gasteiger partial charge in [0, 0.05) is 39.8 Å². The number of rotatable bonds is 10. The van der Waals surface area contributed by atoms with Crippen molar-refractivity contribution in [1.82, 2.24) is 4.98 Å². The van der Waals surface area contributed by atoms with Crippen LogP contribution in [-0.2, 0) is 16.1 Å². The topological polar surface area (TPSA) is 88.5 Å². The summed E-state index contributed by atoms with van der Waals surface area (Å²) in [5.74, 6) is -4.07. The average Bonchev–Trinajstić information content (AvgIpc) is 3.57. The minimum absolute atomic E-state index is 0.120. The first-order valence-electron chi connectivity index (χ1n) is 12.3. The smallest absolute Gasteiger partial charge is 0.331 e. The number of aliphatic carboxylic acids is 1. The number of hydrogen-bond donors (Lipinski definition) is 2. The molecule has 0 spiro atoms. The predicted molar refractivity (Wildman–Crippen MR) is 139 cm³/mol. The quantitative estimate of drug-likeness (QED) is 0.211. The van der Waals surface area contributed by atoms with Crippen LogP contribution in [0.3, 0.4) is 0 Å². The number of anilines is 1. The van der Waals surface area contributed by atoms with Gasteiger partial charge in [-0.3, -0.25) is 10.1 Å². The number of benzene rings is 2. The molecule has 0 saturated heterocycles. The van der Waals surface area contributed by atoms with E-state index in [0.29, 0.717) is 23.8 Å². The second-order valence-electron chi connectivity index (χ2n) is 9.25. The molecule has 1 heterocycles. The number of amides is 1. The number of thiazole rings is 1. The molecular weight excluding hydrogens is 517 g/mol. The highest BCUT2D eigenvalue weighted by Gasteiger charge is 2.19. The number of carboxylic acids is 1. The summed E-state index contributed by atoms with van der Waals surface area (Å²) in [6, 6.07) is 6.56. The van der Waals surface area contributed by atoms with Crippen molar-refractivity contribution in [1.29, 1.82) is 0 Å². The minimum atomic E-state index is -1.32. The van der Waals surface area contributed by atoms with Crippen LogP contribution in [0.5, 0.6) is 0 Å². The first-order chi connectivity index (χ1) is 18.2. The Bertz CT molecular complexity index is 1340. The largest absolute Gasteiger partial charge is 0.478 e. The van der Waals surface area contributed by atoms with Crippen molar-refractivity contribution in [3.63, 3.8) is 0 Å². The maximum Gasteiger partial charge on any atom is 0.331 e. The normalized spacial score (nSPS) is 14.2. The highest BCUT2D eigenvalue weighted by molar-refractivity contribution is 7.14. The van der Waals surface area contributed by atoms with E-state index in [2.05, 4.69) is 10.3 Å². The van der Waals surface area contributed by atoms with E-state index in [1.807, 2.05) is 0 Å². The molecule has 0 radical (unpaired) electrons. The van der Waals surface area contributed by atoms with Crippen molar-refractivity contribution in [2.75, 3.05) is 11.9 Å². The monoisotopic (exact) mass is 544 g/mol. The van der Waals surface area contributed by atoms with Crippen LogP contribution >= 0.6 is 11.3 Å². The average molecular weight is 545 g/mol. The number of aromatic nitrogens is 1. The van der Waals surface area contributed by atoms with Gasteiger partial charge in [-0.2, -0.15) is 0 Å². The number of carboxylic acid groups (broad SMARTS) is 1. The summed E-state index contributed by atoms with van der Waals surface area (Å²) < 4.78 is 49.7. The first-order valence-corrected chi connectivity index (χ1v) is 13.1. The fraction of sp³-hybridized carbons (Fsp3) is 0.321. The van der Waals surface area contributed by atoms with Crippen LogP contribution in [0.4, 0.5) is 18.3 Å². The second kappa shape index (κ2) is 12.4. The van der Waals surface area contributed by atoms with Gasteiger partial charge < -0.3 is 9.84 Å². The molecule has 1 amide bonds. The fourth-order valence-electron chi connectivity index (χ4n) is 4.38. The lowest BCUT2D eigenvalue weighted by atomic mass is 10.1. The molecule has 1 saturated carbocycles. The lowest BCUT2D eigenvalue weighted by Gasteiger charge is -2.11. The lowest BCUT2D eigenvalue weighted by Crippen LogP contribution is -2.13. The molecule has 0 bridgehead atoms. The van der Waals surface area contributed by atoms with Gasteiger partial charge in [-0.25, -0.2) is 22.9 Å². The summed E-state index contributed by atoms with van der Waals surface area (Å²) >= 11 is 1.04. The van der Waals surface area contributed by atoms with E-state index in [1.54, 1.807) is 23.6 Å². The zero-order valence-corrected chi connectivity index (χ0v) is 21.5. The van der Waals surface area contributed by atoms with Gasteiger partial charge in [-0.05, 0) is 43.5 Å². The molecule has 4 rings (SSSR count). The van der Waals surface area contributed by atoms with Crippen molar-refractivity contribution in [3.05, 3.63) is 75.4 Å². The third-order valence-electron chi connectivity index (χ3n) is 6.52. The number of carbonyl (C=O) groups is 2. The van der Waals surface area contributed by atoms with Crippen LogP contribution in [-0.4, -0.2) is 28.6 Å². The number of halogens is 3. The van der Waals surface area contributed by atoms with Crippen molar-refractivity contribution in [2.24, 2.45) is 5.92 Å². The Morgan fingerprint density at radius 2 is 1.89 bits per heavy atom. The van der Waals surface area contributed by atoms with E-state index >= 15 is 4.39 Å². The zero-order chi connectivity index (χ0) is 27.2. The van der Waals surface area contributed by atoms with Gasteiger partial charge in [0.15, 0.2) is 5.13 Å². The second-order valence-corrected chi connectivity index (χ2v) is 10.1. The van der Waals surface area contributed by atoms with E-state index < -0.39 is 34.9 Å². The van der Waals surface area contributed by atoms with Crippen molar-refractivity contribution in [3.8, 4) is 11.3 Å². The molecule has 3 aromatic rings. The van der Waals surface area contributed by atoms with Crippen LogP contribution < -0.4 is 5.32 Å². The third-order valence-corrected chi connectivity index (χ3v) is 7.28. The molecule has 0 aliphatic heterocycles. The van der Waals surface area contributed by atoms with Crippen molar-refractivity contribution >= 4 is 34.4 Å². The Morgan fingerprint density at radius 1 is 1.18 bits per heavy atom. The number of nitrogens with zero attached hydrogens (tertiary/aromatic N) is 1. The molecule has 2 N–H and O–H groups in total. The van der Waals surface area contributed by atoms with E-state index in [4.69, 9.17) is 9.84 Å². The van der Waals surface area contributed by atoms with Crippen LogP contribution in [0.15, 0.2) is 41.3 Å². The number of carbonyl (C=O) groups excluding carboxylic acids is 1. The summed E-state index contributed by atoms with van der Waals surface area (Å²) in [5.41, 5.74) is -0.174. The van der Waals surface area contributed by atoms with Gasteiger partial charge in [-0.15, -0.1) is 11.3 Å². The summed E-state index contributed by atoms with van der Waals surface area (Å²) in [7, 11) is 0. The Kier molecular flexibility index (Phi) is 8.96. The molecule has 6 nitrogen and oxygen atoms in total. The molecule has 200 valence electrons. The third kappa shape index (κ3) is 6.68.